The minimum absolute atomic E-state index is 0.206. The maximum Gasteiger partial charge on any atom is 0.120 e. The third-order valence-electron chi connectivity index (χ3n) is 9.13. The van der Waals surface area contributed by atoms with Crippen LogP contribution in [0.5, 0.6) is 0 Å². The van der Waals surface area contributed by atoms with Crippen molar-refractivity contribution in [1.29, 1.82) is 5.26 Å². The van der Waals surface area contributed by atoms with Crippen LogP contribution in [0.4, 0.5) is 0 Å². The molecular formula is C23H37NO2. The summed E-state index contributed by atoms with van der Waals surface area (Å²) in [6, 6.07) is 2.39. The van der Waals surface area contributed by atoms with Gasteiger partial charge in [0.25, 0.3) is 0 Å². The fraction of sp³-hybridized carbons (Fsp3) is 0.913. The van der Waals surface area contributed by atoms with E-state index in [0.717, 1.165) is 31.5 Å². The molecule has 0 unspecified atom stereocenters. The van der Waals surface area contributed by atoms with Crippen molar-refractivity contribution < 1.29 is 9.90 Å². The summed E-state index contributed by atoms with van der Waals surface area (Å²) in [4.78, 5) is 11.3. The van der Waals surface area contributed by atoms with Crippen LogP contribution >= 0.6 is 0 Å². The van der Waals surface area contributed by atoms with Crippen molar-refractivity contribution in [2.24, 2.45) is 40.4 Å². The Morgan fingerprint density at radius 3 is 2.50 bits per heavy atom. The van der Waals surface area contributed by atoms with Gasteiger partial charge in [-0.1, -0.05) is 20.8 Å². The highest BCUT2D eigenvalue weighted by atomic mass is 16.3. The molecule has 3 fully saturated rings. The molecule has 0 aromatic carbocycles. The molecule has 0 aromatic rings. The second kappa shape index (κ2) is 7.63. The Hall–Kier alpha value is -0.880. The number of nitrogens with zero attached hydrogens (tertiary/aromatic N) is 1. The summed E-state index contributed by atoms with van der Waals surface area (Å²) in [6.07, 6.45) is 11.3. The average Bonchev–Trinajstić information content (AvgIpc) is 2.95. The molecule has 0 amide bonds. The van der Waals surface area contributed by atoms with Gasteiger partial charge in [-0.15, -0.1) is 0 Å². The molecule has 0 aliphatic heterocycles. The fourth-order valence-corrected chi connectivity index (χ4v) is 7.30. The summed E-state index contributed by atoms with van der Waals surface area (Å²) in [7, 11) is 0. The van der Waals surface area contributed by atoms with Crippen LogP contribution < -0.4 is 0 Å². The lowest BCUT2D eigenvalue weighted by Gasteiger charge is -2.54. The van der Waals surface area contributed by atoms with Gasteiger partial charge in [-0.3, -0.25) is 0 Å². The lowest BCUT2D eigenvalue weighted by atomic mass is 9.51. The monoisotopic (exact) mass is 359 g/mol. The minimum atomic E-state index is -0.218. The van der Waals surface area contributed by atoms with E-state index in [4.69, 9.17) is 5.26 Å². The van der Waals surface area contributed by atoms with Gasteiger partial charge in [-0.05, 0) is 91.8 Å². The van der Waals surface area contributed by atoms with Crippen molar-refractivity contribution in [3.05, 3.63) is 0 Å². The predicted molar refractivity (Wildman–Crippen MR) is 103 cm³/mol. The number of aliphatic hydroxyl groups is 1. The molecule has 3 nitrogen and oxygen atoms in total. The zero-order valence-electron chi connectivity index (χ0n) is 16.9. The van der Waals surface area contributed by atoms with Crippen LogP contribution in [0, 0.1) is 51.8 Å². The number of hydrogen-bond acceptors (Lipinski definition) is 3. The van der Waals surface area contributed by atoms with E-state index in [2.05, 4.69) is 26.8 Å². The number of fused-ring (bicyclic) bond motifs is 1. The number of nitriles is 1. The molecule has 3 heteroatoms. The van der Waals surface area contributed by atoms with Gasteiger partial charge in [-0.25, -0.2) is 0 Å². The highest BCUT2D eigenvalue weighted by Gasteiger charge is 2.54. The molecule has 8 atom stereocenters. The van der Waals surface area contributed by atoms with Crippen LogP contribution in [0.1, 0.15) is 85.0 Å². The Morgan fingerprint density at radius 2 is 1.81 bits per heavy atom. The molecule has 0 radical (unpaired) electrons. The first-order chi connectivity index (χ1) is 12.3. The van der Waals surface area contributed by atoms with Crippen LogP contribution in [0.3, 0.4) is 0 Å². The maximum atomic E-state index is 11.3. The SMILES string of the molecule is C[C@H](CC#N)[C@H]1CC[C@H]2C[C@@H]([C@@]3(C)CC[C@@H](O)C[C@H]3CC=O)CC[C@@]21C. The van der Waals surface area contributed by atoms with Gasteiger partial charge in [0.05, 0.1) is 12.2 Å². The summed E-state index contributed by atoms with van der Waals surface area (Å²) in [5.41, 5.74) is 0.606. The molecule has 0 aromatic heterocycles. The molecule has 26 heavy (non-hydrogen) atoms. The first-order valence-electron chi connectivity index (χ1n) is 10.8. The van der Waals surface area contributed by atoms with Gasteiger partial charge in [-0.2, -0.15) is 5.26 Å². The number of rotatable bonds is 5. The number of aliphatic hydroxyl groups excluding tert-OH is 1. The Kier molecular flexibility index (Phi) is 5.83. The zero-order chi connectivity index (χ0) is 18.9. The van der Waals surface area contributed by atoms with E-state index in [1.54, 1.807) is 0 Å². The van der Waals surface area contributed by atoms with Crippen molar-refractivity contribution in [2.75, 3.05) is 0 Å². The number of carbonyl (C=O) groups excluding carboxylic acids is 1. The first kappa shape index (κ1) is 19.9. The molecular weight excluding hydrogens is 322 g/mol. The average molecular weight is 360 g/mol. The normalized spacial score (nSPS) is 47.0. The summed E-state index contributed by atoms with van der Waals surface area (Å²) in [5, 5.41) is 19.3. The number of aldehydes is 1. The van der Waals surface area contributed by atoms with Gasteiger partial charge in [0.15, 0.2) is 0 Å². The van der Waals surface area contributed by atoms with Gasteiger partial charge >= 0.3 is 0 Å². The molecule has 0 bridgehead atoms. The smallest absolute Gasteiger partial charge is 0.120 e. The Bertz CT molecular complexity index is 555. The molecule has 3 aliphatic rings. The molecule has 3 aliphatic carbocycles. The van der Waals surface area contributed by atoms with Crippen molar-refractivity contribution in [2.45, 2.75) is 91.1 Å². The minimum Gasteiger partial charge on any atom is -0.393 e. The van der Waals surface area contributed by atoms with Gasteiger partial charge < -0.3 is 9.90 Å². The van der Waals surface area contributed by atoms with E-state index in [1.165, 1.54) is 32.1 Å². The van der Waals surface area contributed by atoms with E-state index < -0.39 is 0 Å². The van der Waals surface area contributed by atoms with E-state index in [1.807, 2.05) is 0 Å². The Balaban J connectivity index is 1.74. The van der Waals surface area contributed by atoms with Gasteiger partial charge in [0, 0.05) is 12.8 Å². The van der Waals surface area contributed by atoms with Crippen LogP contribution in [0.2, 0.25) is 0 Å². The second-order valence-electron chi connectivity index (χ2n) is 10.2. The molecule has 0 spiro atoms. The highest BCUT2D eigenvalue weighted by molar-refractivity contribution is 5.50. The standard InChI is InChI=1S/C23H37NO2/c1-16(8-12-24)21-5-4-17-14-18(6-10-23(17,21)3)22(2)11-7-20(26)15-19(22)9-13-25/h13,16-21,26H,4-11,14-15H2,1-3H3/t16-,17+,18+,19-,20-,21-,22-,23+/m1/s1. The van der Waals surface area contributed by atoms with Crippen LogP contribution in [-0.4, -0.2) is 17.5 Å². The van der Waals surface area contributed by atoms with Crippen molar-refractivity contribution in [3.63, 3.8) is 0 Å². The van der Waals surface area contributed by atoms with Crippen molar-refractivity contribution >= 4 is 6.29 Å². The molecule has 0 heterocycles. The maximum absolute atomic E-state index is 11.3. The lowest BCUT2D eigenvalue weighted by Crippen LogP contribution is -2.46. The van der Waals surface area contributed by atoms with E-state index >= 15 is 0 Å². The van der Waals surface area contributed by atoms with Crippen LogP contribution in [0.15, 0.2) is 0 Å². The number of hydrogen-bond donors (Lipinski definition) is 1. The third-order valence-corrected chi connectivity index (χ3v) is 9.13. The Morgan fingerprint density at radius 1 is 1.12 bits per heavy atom. The third kappa shape index (κ3) is 3.35. The molecule has 146 valence electrons. The summed E-state index contributed by atoms with van der Waals surface area (Å²) >= 11 is 0. The fourth-order valence-electron chi connectivity index (χ4n) is 7.30. The summed E-state index contributed by atoms with van der Waals surface area (Å²) in [6.45, 7) is 7.18. The zero-order valence-corrected chi connectivity index (χ0v) is 16.9. The van der Waals surface area contributed by atoms with E-state index in [0.29, 0.717) is 41.9 Å². The largest absolute Gasteiger partial charge is 0.393 e. The van der Waals surface area contributed by atoms with Crippen molar-refractivity contribution in [1.82, 2.24) is 0 Å². The first-order valence-corrected chi connectivity index (χ1v) is 10.8. The molecule has 0 saturated heterocycles. The van der Waals surface area contributed by atoms with Crippen molar-refractivity contribution in [3.8, 4) is 6.07 Å². The van der Waals surface area contributed by atoms with E-state index in [-0.39, 0.29) is 11.5 Å². The molecule has 1 N–H and O–H groups in total. The lowest BCUT2D eigenvalue weighted by molar-refractivity contribution is -0.113. The summed E-state index contributed by atoms with van der Waals surface area (Å²) < 4.78 is 0. The van der Waals surface area contributed by atoms with E-state index in [9.17, 15) is 9.90 Å². The van der Waals surface area contributed by atoms with Gasteiger partial charge in [0.2, 0.25) is 0 Å². The Labute approximate surface area is 159 Å². The van der Waals surface area contributed by atoms with Crippen LogP contribution in [-0.2, 0) is 4.79 Å². The number of carbonyl (C=O) groups is 1. The summed E-state index contributed by atoms with van der Waals surface area (Å²) in [5.74, 6) is 3.00. The quantitative estimate of drug-likeness (QED) is 0.693. The topological polar surface area (TPSA) is 61.1 Å². The molecule has 3 rings (SSSR count). The van der Waals surface area contributed by atoms with Crippen LogP contribution in [0.25, 0.3) is 0 Å². The van der Waals surface area contributed by atoms with Gasteiger partial charge in [0.1, 0.15) is 6.29 Å². The second-order valence-corrected chi connectivity index (χ2v) is 10.2. The highest BCUT2D eigenvalue weighted by Crippen LogP contribution is 2.63. The predicted octanol–water partition coefficient (Wildman–Crippen LogP) is 5.13. The molecule has 3 saturated carbocycles.